The van der Waals surface area contributed by atoms with Gasteiger partial charge in [0.1, 0.15) is 0 Å². The van der Waals surface area contributed by atoms with E-state index in [4.69, 9.17) is 0 Å². The highest BCUT2D eigenvalue weighted by Gasteiger charge is 2.00. The molecule has 0 aromatic rings. The molecule has 0 aliphatic heterocycles. The predicted octanol–water partition coefficient (Wildman–Crippen LogP) is 3.61. The van der Waals surface area contributed by atoms with Gasteiger partial charge in [0, 0.05) is 6.42 Å². The predicted molar refractivity (Wildman–Crippen MR) is 74.4 cm³/mol. The Balaban J connectivity index is 3.34. The molecule has 0 heterocycles. The van der Waals surface area contributed by atoms with Gasteiger partial charge in [0.05, 0.1) is 13.2 Å². The van der Waals surface area contributed by atoms with Crippen molar-refractivity contribution in [3.63, 3.8) is 0 Å². The Hall–Kier alpha value is -0.830. The first-order valence-electron chi connectivity index (χ1n) is 7.10. The maximum atomic E-state index is 10.8. The van der Waals surface area contributed by atoms with E-state index in [2.05, 4.69) is 23.8 Å². The third-order valence-electron chi connectivity index (χ3n) is 2.95. The van der Waals surface area contributed by atoms with Crippen LogP contribution in [0.3, 0.4) is 0 Å². The molecule has 0 aliphatic rings. The van der Waals surface area contributed by atoms with Gasteiger partial charge in [0.15, 0.2) is 0 Å². The molecule has 3 heteroatoms. The number of unbranched alkanes of at least 4 members (excludes halogenated alkanes) is 4. The highest BCUT2D eigenvalue weighted by Crippen LogP contribution is 2.08. The van der Waals surface area contributed by atoms with Gasteiger partial charge in [-0.25, -0.2) is 0 Å². The molecule has 0 radical (unpaired) electrons. The van der Waals surface area contributed by atoms with Gasteiger partial charge in [-0.1, -0.05) is 38.3 Å². The number of hydrogen-bond acceptors (Lipinski definition) is 3. The van der Waals surface area contributed by atoms with E-state index in [1.165, 1.54) is 20.0 Å². The van der Waals surface area contributed by atoms with Gasteiger partial charge in [0.2, 0.25) is 0 Å². The van der Waals surface area contributed by atoms with Crippen molar-refractivity contribution in [2.45, 2.75) is 70.8 Å². The molecule has 0 aliphatic carbocycles. The van der Waals surface area contributed by atoms with Crippen molar-refractivity contribution in [2.75, 3.05) is 7.11 Å². The van der Waals surface area contributed by atoms with Gasteiger partial charge in [-0.3, -0.25) is 4.79 Å². The lowest BCUT2D eigenvalue weighted by atomic mass is 10.1. The number of rotatable bonds is 11. The maximum absolute atomic E-state index is 10.8. The Morgan fingerprint density at radius 2 is 2.00 bits per heavy atom. The number of methoxy groups -OCH3 is 1. The number of aliphatic hydroxyl groups is 1. The monoisotopic (exact) mass is 256 g/mol. The van der Waals surface area contributed by atoms with Gasteiger partial charge in [-0.15, -0.1) is 0 Å². The first kappa shape index (κ1) is 17.2. The lowest BCUT2D eigenvalue weighted by molar-refractivity contribution is -0.140. The Morgan fingerprint density at radius 1 is 1.22 bits per heavy atom. The zero-order valence-electron chi connectivity index (χ0n) is 11.9. The molecule has 3 nitrogen and oxygen atoms in total. The first-order valence-corrected chi connectivity index (χ1v) is 7.10. The molecule has 0 aromatic carbocycles. The van der Waals surface area contributed by atoms with Crippen molar-refractivity contribution in [3.8, 4) is 0 Å². The number of carbonyl (C=O) groups is 1. The zero-order chi connectivity index (χ0) is 13.6. The van der Waals surface area contributed by atoms with Crippen LogP contribution in [0.15, 0.2) is 12.2 Å². The van der Waals surface area contributed by atoms with E-state index in [9.17, 15) is 9.90 Å². The molecule has 0 amide bonds. The average Bonchev–Trinajstić information content (AvgIpc) is 2.37. The SMILES string of the molecule is CCCCC[C@H](O)C/C=C/CCCCC(=O)OC. The van der Waals surface area contributed by atoms with Gasteiger partial charge in [-0.05, 0) is 32.1 Å². The van der Waals surface area contributed by atoms with Gasteiger partial charge in [-0.2, -0.15) is 0 Å². The molecule has 0 saturated carbocycles. The van der Waals surface area contributed by atoms with Crippen LogP contribution in [0.4, 0.5) is 0 Å². The minimum Gasteiger partial charge on any atom is -0.469 e. The smallest absolute Gasteiger partial charge is 0.305 e. The topological polar surface area (TPSA) is 46.5 Å². The summed E-state index contributed by atoms with van der Waals surface area (Å²) >= 11 is 0. The molecule has 106 valence electrons. The lowest BCUT2D eigenvalue weighted by Crippen LogP contribution is -2.04. The summed E-state index contributed by atoms with van der Waals surface area (Å²) < 4.78 is 4.57. The quantitative estimate of drug-likeness (QED) is 0.349. The second-order valence-corrected chi connectivity index (χ2v) is 4.68. The number of hydrogen-bond donors (Lipinski definition) is 1. The van der Waals surface area contributed by atoms with Crippen LogP contribution in [0.2, 0.25) is 0 Å². The number of aliphatic hydroxyl groups excluding tert-OH is 1. The molecule has 0 aromatic heterocycles. The van der Waals surface area contributed by atoms with Crippen LogP contribution >= 0.6 is 0 Å². The van der Waals surface area contributed by atoms with E-state index in [0.717, 1.165) is 38.5 Å². The van der Waals surface area contributed by atoms with Crippen LogP contribution in [0, 0.1) is 0 Å². The Bertz CT molecular complexity index is 224. The molecule has 1 atom stereocenters. The fourth-order valence-corrected chi connectivity index (χ4v) is 1.75. The Labute approximate surface area is 111 Å². The van der Waals surface area contributed by atoms with E-state index in [0.29, 0.717) is 6.42 Å². The second kappa shape index (κ2) is 12.6. The molecule has 1 N–H and O–H groups in total. The summed E-state index contributed by atoms with van der Waals surface area (Å²) in [6, 6.07) is 0. The number of esters is 1. The molecule has 0 rings (SSSR count). The van der Waals surface area contributed by atoms with Crippen molar-refractivity contribution in [2.24, 2.45) is 0 Å². The third kappa shape index (κ3) is 11.6. The number of allylic oxidation sites excluding steroid dienone is 1. The van der Waals surface area contributed by atoms with Crippen molar-refractivity contribution < 1.29 is 14.6 Å². The van der Waals surface area contributed by atoms with Crippen molar-refractivity contribution >= 4 is 5.97 Å². The normalized spacial score (nSPS) is 12.8. The fraction of sp³-hybridized carbons (Fsp3) is 0.800. The van der Waals surface area contributed by atoms with Crippen LogP contribution in [0.25, 0.3) is 0 Å². The lowest BCUT2D eigenvalue weighted by Gasteiger charge is -2.06. The standard InChI is InChI=1S/C15H28O3/c1-3-4-8-11-14(16)12-9-6-5-7-10-13-15(17)18-2/h6,9,14,16H,3-5,7-8,10-13H2,1-2H3/b9-6+/t14-/m0/s1. The van der Waals surface area contributed by atoms with E-state index in [1.807, 2.05) is 0 Å². The van der Waals surface area contributed by atoms with Crippen molar-refractivity contribution in [3.05, 3.63) is 12.2 Å². The molecular weight excluding hydrogens is 228 g/mol. The molecule has 0 unspecified atom stereocenters. The Kier molecular flexibility index (Phi) is 12.0. The second-order valence-electron chi connectivity index (χ2n) is 4.68. The maximum Gasteiger partial charge on any atom is 0.305 e. The highest BCUT2D eigenvalue weighted by atomic mass is 16.5. The summed E-state index contributed by atoms with van der Waals surface area (Å²) in [7, 11) is 1.42. The van der Waals surface area contributed by atoms with Crippen LogP contribution in [0.5, 0.6) is 0 Å². The van der Waals surface area contributed by atoms with Gasteiger partial charge in [0.25, 0.3) is 0 Å². The van der Waals surface area contributed by atoms with E-state index < -0.39 is 0 Å². The molecular formula is C15H28O3. The Morgan fingerprint density at radius 3 is 2.67 bits per heavy atom. The molecule has 18 heavy (non-hydrogen) atoms. The van der Waals surface area contributed by atoms with E-state index in [1.54, 1.807) is 0 Å². The average molecular weight is 256 g/mol. The number of ether oxygens (including phenoxy) is 1. The van der Waals surface area contributed by atoms with Crippen LogP contribution in [-0.4, -0.2) is 24.3 Å². The minimum atomic E-state index is -0.192. The summed E-state index contributed by atoms with van der Waals surface area (Å²) in [4.78, 5) is 10.8. The minimum absolute atomic E-state index is 0.134. The van der Waals surface area contributed by atoms with E-state index in [-0.39, 0.29) is 12.1 Å². The van der Waals surface area contributed by atoms with Crippen molar-refractivity contribution in [1.29, 1.82) is 0 Å². The summed E-state index contributed by atoms with van der Waals surface area (Å²) in [5.74, 6) is -0.134. The molecule has 0 bridgehead atoms. The van der Waals surface area contributed by atoms with Gasteiger partial charge >= 0.3 is 5.97 Å². The molecule has 0 saturated heterocycles. The summed E-state index contributed by atoms with van der Waals surface area (Å²) in [5, 5.41) is 9.67. The summed E-state index contributed by atoms with van der Waals surface area (Å²) in [6.45, 7) is 2.17. The van der Waals surface area contributed by atoms with Crippen LogP contribution < -0.4 is 0 Å². The van der Waals surface area contributed by atoms with Crippen LogP contribution in [-0.2, 0) is 9.53 Å². The van der Waals surface area contributed by atoms with Crippen LogP contribution in [0.1, 0.15) is 64.7 Å². The molecule has 0 spiro atoms. The first-order chi connectivity index (χ1) is 8.70. The van der Waals surface area contributed by atoms with Crippen molar-refractivity contribution in [1.82, 2.24) is 0 Å². The van der Waals surface area contributed by atoms with Gasteiger partial charge < -0.3 is 9.84 Å². The largest absolute Gasteiger partial charge is 0.469 e. The number of carbonyl (C=O) groups excluding carboxylic acids is 1. The fourth-order valence-electron chi connectivity index (χ4n) is 1.75. The third-order valence-corrected chi connectivity index (χ3v) is 2.95. The van der Waals surface area contributed by atoms with E-state index >= 15 is 0 Å². The zero-order valence-corrected chi connectivity index (χ0v) is 11.9. The molecule has 0 fully saturated rings. The summed E-state index contributed by atoms with van der Waals surface area (Å²) in [5.41, 5.74) is 0. The summed E-state index contributed by atoms with van der Waals surface area (Å²) in [6.07, 6.45) is 12.5. The highest BCUT2D eigenvalue weighted by molar-refractivity contribution is 5.68.